The van der Waals surface area contributed by atoms with Crippen LogP contribution >= 0.6 is 0 Å². The fraction of sp³-hybridized carbons (Fsp3) is 0.333. The third kappa shape index (κ3) is 6.62. The van der Waals surface area contributed by atoms with Gasteiger partial charge in [0.1, 0.15) is 23.7 Å². The standard InChI is InChI=1S/C33H36O9/c1-19(2)41-27-13-12-24-20(3)25(14-21-8-10-23(36-4)11-9-21)33(35)42-31(24)26(27)18-40-30(34)17-22-15-28(37-5)32(39-7)29(16-22)38-6/h8-13,15-16,19H,14,17-18H2,1-7H3. The Bertz CT molecular complexity index is 1590. The van der Waals surface area contributed by atoms with Gasteiger partial charge in [0.2, 0.25) is 5.75 Å². The first-order valence-corrected chi connectivity index (χ1v) is 13.5. The van der Waals surface area contributed by atoms with E-state index >= 15 is 0 Å². The van der Waals surface area contributed by atoms with Gasteiger partial charge in [0, 0.05) is 17.4 Å². The maximum absolute atomic E-state index is 13.2. The Hall–Kier alpha value is -4.66. The number of esters is 1. The monoisotopic (exact) mass is 576 g/mol. The van der Waals surface area contributed by atoms with Crippen LogP contribution < -0.4 is 29.3 Å². The normalized spacial score (nSPS) is 11.0. The maximum Gasteiger partial charge on any atom is 0.340 e. The summed E-state index contributed by atoms with van der Waals surface area (Å²) in [5, 5.41) is 0.741. The third-order valence-corrected chi connectivity index (χ3v) is 6.87. The number of rotatable bonds is 12. The second-order valence-electron chi connectivity index (χ2n) is 9.97. The number of hydrogen-bond donors (Lipinski definition) is 0. The molecule has 1 heterocycles. The molecule has 0 radical (unpaired) electrons. The molecule has 1 aromatic heterocycles. The van der Waals surface area contributed by atoms with Crippen molar-refractivity contribution < 1.29 is 37.6 Å². The highest BCUT2D eigenvalue weighted by atomic mass is 16.5. The quantitative estimate of drug-likeness (QED) is 0.153. The highest BCUT2D eigenvalue weighted by molar-refractivity contribution is 5.86. The summed E-state index contributed by atoms with van der Waals surface area (Å²) in [6.07, 6.45) is 0.201. The van der Waals surface area contributed by atoms with Crippen molar-refractivity contribution in [2.75, 3.05) is 28.4 Å². The summed E-state index contributed by atoms with van der Waals surface area (Å²) in [4.78, 5) is 26.2. The molecule has 0 N–H and O–H groups in total. The minimum atomic E-state index is -0.494. The Kier molecular flexibility index (Phi) is 9.62. The van der Waals surface area contributed by atoms with E-state index in [-0.39, 0.29) is 19.1 Å². The average Bonchev–Trinajstić information content (AvgIpc) is 2.98. The molecule has 0 bridgehead atoms. The molecule has 4 aromatic rings. The second kappa shape index (κ2) is 13.3. The summed E-state index contributed by atoms with van der Waals surface area (Å²) >= 11 is 0. The number of ether oxygens (including phenoxy) is 6. The van der Waals surface area contributed by atoms with Gasteiger partial charge in [0.05, 0.1) is 46.5 Å². The number of methoxy groups -OCH3 is 4. The lowest BCUT2D eigenvalue weighted by atomic mass is 9.98. The lowest BCUT2D eigenvalue weighted by Crippen LogP contribution is -2.14. The summed E-state index contributed by atoms with van der Waals surface area (Å²) < 4.78 is 38.9. The van der Waals surface area contributed by atoms with Crippen molar-refractivity contribution >= 4 is 16.9 Å². The third-order valence-electron chi connectivity index (χ3n) is 6.87. The van der Waals surface area contributed by atoms with Crippen LogP contribution in [-0.4, -0.2) is 40.5 Å². The lowest BCUT2D eigenvalue weighted by Gasteiger charge is -2.17. The van der Waals surface area contributed by atoms with Crippen LogP contribution in [-0.2, 0) is 29.0 Å². The van der Waals surface area contributed by atoms with Gasteiger partial charge in [-0.15, -0.1) is 0 Å². The predicted molar refractivity (Wildman–Crippen MR) is 158 cm³/mol. The van der Waals surface area contributed by atoms with Gasteiger partial charge in [-0.2, -0.15) is 0 Å². The van der Waals surface area contributed by atoms with Crippen molar-refractivity contribution in [3.05, 3.63) is 86.8 Å². The van der Waals surface area contributed by atoms with Crippen molar-refractivity contribution in [1.82, 2.24) is 0 Å². The molecule has 0 saturated heterocycles. The topological polar surface area (TPSA) is 103 Å². The molecule has 4 rings (SSSR count). The van der Waals surface area contributed by atoms with Crippen LogP contribution in [0.2, 0.25) is 0 Å². The van der Waals surface area contributed by atoms with Crippen LogP contribution in [0.15, 0.2) is 57.7 Å². The van der Waals surface area contributed by atoms with E-state index in [4.69, 9.17) is 32.8 Å². The van der Waals surface area contributed by atoms with E-state index < -0.39 is 11.6 Å². The number of aryl methyl sites for hydroxylation is 1. The van der Waals surface area contributed by atoms with Gasteiger partial charge < -0.3 is 32.8 Å². The Labute approximate surface area is 244 Å². The fourth-order valence-electron chi connectivity index (χ4n) is 4.75. The summed E-state index contributed by atoms with van der Waals surface area (Å²) in [6, 6.07) is 14.6. The van der Waals surface area contributed by atoms with Gasteiger partial charge in [0.15, 0.2) is 11.5 Å². The van der Waals surface area contributed by atoms with Crippen LogP contribution in [0, 0.1) is 6.92 Å². The zero-order chi connectivity index (χ0) is 30.4. The number of carbonyl (C=O) groups is 1. The molecule has 42 heavy (non-hydrogen) atoms. The molecule has 0 aliphatic carbocycles. The van der Waals surface area contributed by atoms with E-state index in [1.807, 2.05) is 57.2 Å². The molecule has 0 aliphatic heterocycles. The van der Waals surface area contributed by atoms with Gasteiger partial charge in [0.25, 0.3) is 0 Å². The summed E-state index contributed by atoms with van der Waals surface area (Å²) in [5.74, 6) is 2.02. The van der Waals surface area contributed by atoms with Crippen molar-refractivity contribution in [1.29, 1.82) is 0 Å². The molecule has 0 aliphatic rings. The van der Waals surface area contributed by atoms with Crippen molar-refractivity contribution in [2.24, 2.45) is 0 Å². The summed E-state index contributed by atoms with van der Waals surface area (Å²) in [6.45, 7) is 5.53. The predicted octanol–water partition coefficient (Wildman–Crippen LogP) is 5.80. The SMILES string of the molecule is COc1ccc(Cc2c(C)c3ccc(OC(C)C)c(COC(=O)Cc4cc(OC)c(OC)c(OC)c4)c3oc2=O)cc1. The largest absolute Gasteiger partial charge is 0.497 e. The molecule has 0 atom stereocenters. The molecule has 9 heteroatoms. The van der Waals surface area contributed by atoms with E-state index in [1.165, 1.54) is 21.3 Å². The van der Waals surface area contributed by atoms with E-state index in [0.29, 0.717) is 51.7 Å². The number of carbonyl (C=O) groups excluding carboxylic acids is 1. The molecule has 0 fully saturated rings. The van der Waals surface area contributed by atoms with Crippen molar-refractivity contribution in [3.8, 4) is 28.7 Å². The summed E-state index contributed by atoms with van der Waals surface area (Å²) in [5.41, 5.74) is 3.27. The molecule has 0 amide bonds. The zero-order valence-electron chi connectivity index (χ0n) is 25.0. The van der Waals surface area contributed by atoms with Crippen molar-refractivity contribution in [2.45, 2.75) is 46.3 Å². The van der Waals surface area contributed by atoms with Crippen LogP contribution in [0.4, 0.5) is 0 Å². The van der Waals surface area contributed by atoms with Gasteiger partial charge in [-0.05, 0) is 73.9 Å². The van der Waals surface area contributed by atoms with E-state index in [9.17, 15) is 9.59 Å². The first-order valence-electron chi connectivity index (χ1n) is 13.5. The van der Waals surface area contributed by atoms with Crippen LogP contribution in [0.3, 0.4) is 0 Å². The Balaban J connectivity index is 1.64. The van der Waals surface area contributed by atoms with E-state index in [1.54, 1.807) is 19.2 Å². The highest BCUT2D eigenvalue weighted by Crippen LogP contribution is 2.38. The molecular formula is C33H36O9. The van der Waals surface area contributed by atoms with Gasteiger partial charge in [-0.1, -0.05) is 12.1 Å². The maximum atomic E-state index is 13.2. The van der Waals surface area contributed by atoms with Crippen LogP contribution in [0.1, 0.15) is 41.7 Å². The molecule has 3 aromatic carbocycles. The zero-order valence-corrected chi connectivity index (χ0v) is 25.0. The Morgan fingerprint density at radius 2 is 1.48 bits per heavy atom. The molecule has 222 valence electrons. The first kappa shape index (κ1) is 30.3. The van der Waals surface area contributed by atoms with Crippen LogP contribution in [0.25, 0.3) is 11.0 Å². The fourth-order valence-corrected chi connectivity index (χ4v) is 4.75. The molecule has 9 nitrogen and oxygen atoms in total. The Morgan fingerprint density at radius 1 is 0.810 bits per heavy atom. The van der Waals surface area contributed by atoms with Gasteiger partial charge in [-0.25, -0.2) is 4.79 Å². The second-order valence-corrected chi connectivity index (χ2v) is 9.97. The van der Waals surface area contributed by atoms with Gasteiger partial charge >= 0.3 is 11.6 Å². The minimum Gasteiger partial charge on any atom is -0.497 e. The number of benzene rings is 3. The first-order chi connectivity index (χ1) is 20.2. The molecule has 0 saturated carbocycles. The highest BCUT2D eigenvalue weighted by Gasteiger charge is 2.21. The Morgan fingerprint density at radius 3 is 2.05 bits per heavy atom. The molecular weight excluding hydrogens is 540 g/mol. The van der Waals surface area contributed by atoms with Crippen LogP contribution in [0.5, 0.6) is 28.7 Å². The van der Waals surface area contributed by atoms with E-state index in [0.717, 1.165) is 22.3 Å². The molecule has 0 unspecified atom stereocenters. The minimum absolute atomic E-state index is 0.0448. The van der Waals surface area contributed by atoms with Crippen molar-refractivity contribution in [3.63, 3.8) is 0 Å². The number of hydrogen-bond acceptors (Lipinski definition) is 9. The smallest absolute Gasteiger partial charge is 0.340 e. The average molecular weight is 577 g/mol. The molecule has 0 spiro atoms. The lowest BCUT2D eigenvalue weighted by molar-refractivity contribution is -0.144. The number of fused-ring (bicyclic) bond motifs is 1. The van der Waals surface area contributed by atoms with E-state index in [2.05, 4.69) is 0 Å². The summed E-state index contributed by atoms with van der Waals surface area (Å²) in [7, 11) is 6.14. The van der Waals surface area contributed by atoms with Gasteiger partial charge in [-0.3, -0.25) is 4.79 Å².